The second-order valence-electron chi connectivity index (χ2n) is 5.74. The summed E-state index contributed by atoms with van der Waals surface area (Å²) in [6, 6.07) is 6.09. The Morgan fingerprint density at radius 2 is 2.20 bits per heavy atom. The van der Waals surface area contributed by atoms with Crippen LogP contribution in [0.3, 0.4) is 0 Å². The Morgan fingerprint density at radius 3 is 2.95 bits per heavy atom. The third-order valence-corrected chi connectivity index (χ3v) is 4.28. The van der Waals surface area contributed by atoms with Crippen LogP contribution in [0.25, 0.3) is 10.9 Å². The molecule has 3 nitrogen and oxygen atoms in total. The minimum absolute atomic E-state index is 0.255. The Bertz CT molecular complexity index is 623. The lowest BCUT2D eigenvalue weighted by Gasteiger charge is -2.34. The maximum Gasteiger partial charge on any atom is 0.165 e. The molecule has 3 rings (SSSR count). The summed E-state index contributed by atoms with van der Waals surface area (Å²) in [6.07, 6.45) is 4.94. The van der Waals surface area contributed by atoms with Gasteiger partial charge in [0.25, 0.3) is 0 Å². The maximum atomic E-state index is 12.5. The number of H-pyrrole nitrogens is 1. The Hall–Kier alpha value is -1.61. The van der Waals surface area contributed by atoms with E-state index in [2.05, 4.69) is 18.0 Å². The molecular formula is C17H21NO2. The summed E-state index contributed by atoms with van der Waals surface area (Å²) in [7, 11) is 0. The second kappa shape index (κ2) is 5.41. The van der Waals surface area contributed by atoms with Gasteiger partial charge < -0.3 is 9.72 Å². The van der Waals surface area contributed by atoms with Gasteiger partial charge in [-0.05, 0) is 44.2 Å². The summed E-state index contributed by atoms with van der Waals surface area (Å²) >= 11 is 0. The monoisotopic (exact) mass is 271 g/mol. The molecule has 1 aromatic heterocycles. The largest absolute Gasteiger partial charge is 0.378 e. The quantitative estimate of drug-likeness (QED) is 0.839. The van der Waals surface area contributed by atoms with Crippen LogP contribution in [0, 0.1) is 12.8 Å². The lowest BCUT2D eigenvalue weighted by Crippen LogP contribution is -2.32. The van der Waals surface area contributed by atoms with Crippen LogP contribution in [0.15, 0.2) is 24.4 Å². The summed E-state index contributed by atoms with van der Waals surface area (Å²) in [5.41, 5.74) is 3.06. The van der Waals surface area contributed by atoms with Crippen LogP contribution in [-0.4, -0.2) is 23.5 Å². The highest BCUT2D eigenvalue weighted by atomic mass is 16.5. The van der Waals surface area contributed by atoms with E-state index in [1.165, 1.54) is 0 Å². The van der Waals surface area contributed by atoms with Crippen LogP contribution < -0.4 is 0 Å². The number of rotatable bonds is 5. The van der Waals surface area contributed by atoms with E-state index in [1.54, 1.807) is 0 Å². The molecule has 0 spiro atoms. The van der Waals surface area contributed by atoms with Gasteiger partial charge in [0.1, 0.15) is 0 Å². The van der Waals surface area contributed by atoms with Gasteiger partial charge in [-0.1, -0.05) is 12.1 Å². The van der Waals surface area contributed by atoms with Gasteiger partial charge in [0.2, 0.25) is 0 Å². The first-order chi connectivity index (χ1) is 9.69. The normalized spacial score (nSPS) is 21.9. The van der Waals surface area contributed by atoms with Crippen molar-refractivity contribution in [2.24, 2.45) is 5.92 Å². The van der Waals surface area contributed by atoms with E-state index in [9.17, 15) is 4.79 Å². The zero-order valence-electron chi connectivity index (χ0n) is 12.1. The Morgan fingerprint density at radius 1 is 1.40 bits per heavy atom. The molecule has 0 amide bonds. The molecule has 1 N–H and O–H groups in total. The van der Waals surface area contributed by atoms with E-state index in [-0.39, 0.29) is 5.78 Å². The molecule has 1 fully saturated rings. The molecule has 1 aliphatic rings. The van der Waals surface area contributed by atoms with Crippen molar-refractivity contribution in [2.45, 2.75) is 39.2 Å². The molecular weight excluding hydrogens is 250 g/mol. The molecule has 1 aromatic carbocycles. The van der Waals surface area contributed by atoms with E-state index in [1.807, 2.05) is 25.3 Å². The topological polar surface area (TPSA) is 42.1 Å². The molecule has 0 atom stereocenters. The van der Waals surface area contributed by atoms with Crippen LogP contribution in [0.5, 0.6) is 0 Å². The lowest BCUT2D eigenvalue weighted by atomic mass is 9.78. The van der Waals surface area contributed by atoms with Gasteiger partial charge in [-0.2, -0.15) is 0 Å². The molecule has 20 heavy (non-hydrogen) atoms. The molecule has 0 saturated heterocycles. The smallest absolute Gasteiger partial charge is 0.165 e. The summed E-state index contributed by atoms with van der Waals surface area (Å²) in [4.78, 5) is 15.7. The number of nitrogens with one attached hydrogen (secondary N) is 1. The van der Waals surface area contributed by atoms with Crippen molar-refractivity contribution in [3.8, 4) is 0 Å². The highest BCUT2D eigenvalue weighted by Gasteiger charge is 2.31. The fraction of sp³-hybridized carbons (Fsp3) is 0.471. The predicted octanol–water partition coefficient (Wildman–Crippen LogP) is 3.86. The number of aryl methyl sites for hydroxylation is 1. The standard InChI is InChI=1S/C17H21NO2/c1-3-20-13-7-12(8-13)9-16(19)14-10-18-15-6-4-5-11(2)17(14)15/h4-6,10,12-13,18H,3,7-9H2,1-2H3. The number of fused-ring (bicyclic) bond motifs is 1. The third kappa shape index (κ3) is 2.38. The molecule has 0 bridgehead atoms. The van der Waals surface area contributed by atoms with Crippen molar-refractivity contribution < 1.29 is 9.53 Å². The summed E-state index contributed by atoms with van der Waals surface area (Å²) in [5.74, 6) is 0.749. The second-order valence-corrected chi connectivity index (χ2v) is 5.74. The van der Waals surface area contributed by atoms with Gasteiger partial charge in [0.05, 0.1) is 6.10 Å². The maximum absolute atomic E-state index is 12.5. The van der Waals surface area contributed by atoms with Crippen LogP contribution in [-0.2, 0) is 4.74 Å². The highest BCUT2D eigenvalue weighted by molar-refractivity contribution is 6.09. The van der Waals surface area contributed by atoms with Crippen LogP contribution >= 0.6 is 0 Å². The summed E-state index contributed by atoms with van der Waals surface area (Å²) in [5, 5.41) is 1.08. The molecule has 0 radical (unpaired) electrons. The van der Waals surface area contributed by atoms with Gasteiger partial charge in [0.15, 0.2) is 5.78 Å². The first-order valence-electron chi connectivity index (χ1n) is 7.40. The minimum Gasteiger partial charge on any atom is -0.378 e. The first kappa shape index (κ1) is 13.4. The number of carbonyl (C=O) groups excluding carboxylic acids is 1. The van der Waals surface area contributed by atoms with E-state index in [4.69, 9.17) is 4.74 Å². The number of benzene rings is 1. The van der Waals surface area contributed by atoms with E-state index in [0.717, 1.165) is 41.5 Å². The molecule has 2 aromatic rings. The van der Waals surface area contributed by atoms with Gasteiger partial charge in [0, 0.05) is 35.7 Å². The minimum atomic E-state index is 0.255. The van der Waals surface area contributed by atoms with Crippen molar-refractivity contribution in [3.63, 3.8) is 0 Å². The number of Topliss-reactive ketones (excluding diaryl/α,β-unsaturated/α-hetero) is 1. The van der Waals surface area contributed by atoms with E-state index < -0.39 is 0 Å². The van der Waals surface area contributed by atoms with Crippen molar-refractivity contribution in [3.05, 3.63) is 35.5 Å². The molecule has 0 aliphatic heterocycles. The molecule has 0 unspecified atom stereocenters. The molecule has 1 aliphatic carbocycles. The fourth-order valence-electron chi connectivity index (χ4n) is 3.17. The number of aromatic amines is 1. The van der Waals surface area contributed by atoms with Gasteiger partial charge >= 0.3 is 0 Å². The molecule has 1 saturated carbocycles. The lowest BCUT2D eigenvalue weighted by molar-refractivity contribution is -0.0245. The molecule has 3 heteroatoms. The third-order valence-electron chi connectivity index (χ3n) is 4.28. The zero-order chi connectivity index (χ0) is 14.1. The van der Waals surface area contributed by atoms with Crippen LogP contribution in [0.4, 0.5) is 0 Å². The molecule has 1 heterocycles. The van der Waals surface area contributed by atoms with Crippen molar-refractivity contribution in [1.82, 2.24) is 4.98 Å². The van der Waals surface area contributed by atoms with Crippen molar-refractivity contribution in [2.75, 3.05) is 6.61 Å². The van der Waals surface area contributed by atoms with Crippen molar-refractivity contribution in [1.29, 1.82) is 0 Å². The number of carbonyl (C=O) groups is 1. The van der Waals surface area contributed by atoms with Gasteiger partial charge in [-0.3, -0.25) is 4.79 Å². The average Bonchev–Trinajstić information content (AvgIpc) is 2.81. The number of hydrogen-bond acceptors (Lipinski definition) is 2. The fourth-order valence-corrected chi connectivity index (χ4v) is 3.17. The van der Waals surface area contributed by atoms with Crippen LogP contribution in [0.1, 0.15) is 42.1 Å². The van der Waals surface area contributed by atoms with Gasteiger partial charge in [-0.25, -0.2) is 0 Å². The first-order valence-corrected chi connectivity index (χ1v) is 7.40. The van der Waals surface area contributed by atoms with E-state index >= 15 is 0 Å². The molecule has 106 valence electrons. The highest BCUT2D eigenvalue weighted by Crippen LogP contribution is 2.34. The van der Waals surface area contributed by atoms with Crippen molar-refractivity contribution >= 4 is 16.7 Å². The number of hydrogen-bond donors (Lipinski definition) is 1. The summed E-state index contributed by atoms with van der Waals surface area (Å²) in [6.45, 7) is 4.85. The van der Waals surface area contributed by atoms with Crippen LogP contribution in [0.2, 0.25) is 0 Å². The number of aromatic nitrogens is 1. The predicted molar refractivity (Wildman–Crippen MR) is 80.1 cm³/mol. The van der Waals surface area contributed by atoms with E-state index in [0.29, 0.717) is 18.4 Å². The average molecular weight is 271 g/mol. The Kier molecular flexibility index (Phi) is 3.62. The Balaban J connectivity index is 1.71. The zero-order valence-corrected chi connectivity index (χ0v) is 12.1. The SMILES string of the molecule is CCOC1CC(CC(=O)c2c[nH]c3cccc(C)c23)C1. The number of ether oxygens (including phenoxy) is 1. The number of ketones is 1. The van der Waals surface area contributed by atoms with Gasteiger partial charge in [-0.15, -0.1) is 0 Å². The Labute approximate surface area is 119 Å². The summed E-state index contributed by atoms with van der Waals surface area (Å²) < 4.78 is 5.55.